The van der Waals surface area contributed by atoms with E-state index in [1.807, 2.05) is 58.0 Å². The highest BCUT2D eigenvalue weighted by Gasteiger charge is 2.32. The summed E-state index contributed by atoms with van der Waals surface area (Å²) in [5, 5.41) is 16.8. The van der Waals surface area contributed by atoms with Crippen LogP contribution in [0.15, 0.2) is 30.3 Å². The number of nitrogens with one attached hydrogen (secondary N) is 6. The predicted molar refractivity (Wildman–Crippen MR) is 185 cm³/mol. The summed E-state index contributed by atoms with van der Waals surface area (Å²) in [6, 6.07) is 4.40. The Bertz CT molecular complexity index is 1210. The van der Waals surface area contributed by atoms with E-state index in [2.05, 4.69) is 38.8 Å². The van der Waals surface area contributed by atoms with Gasteiger partial charge in [0.05, 0.1) is 0 Å². The maximum Gasteiger partial charge on any atom is 0.243 e. The lowest BCUT2D eigenvalue weighted by atomic mass is 10.00. The minimum atomic E-state index is -1.05. The molecule has 0 unspecified atom stereocenters. The van der Waals surface area contributed by atoms with E-state index >= 15 is 0 Å². The van der Waals surface area contributed by atoms with Crippen molar-refractivity contribution in [2.24, 2.45) is 11.8 Å². The summed E-state index contributed by atoms with van der Waals surface area (Å²) < 4.78 is 0. The predicted octanol–water partition coefficient (Wildman–Crippen LogP) is 2.65. The van der Waals surface area contributed by atoms with Gasteiger partial charge in [0.2, 0.25) is 35.4 Å². The summed E-state index contributed by atoms with van der Waals surface area (Å²) in [4.78, 5) is 80.3. The monoisotopic (exact) mass is 670 g/mol. The molecule has 0 radical (unpaired) electrons. The minimum Gasteiger partial charge on any atom is -0.354 e. The quantitative estimate of drug-likeness (QED) is 0.187. The van der Waals surface area contributed by atoms with E-state index in [4.69, 9.17) is 0 Å². The number of rotatable bonds is 12. The summed E-state index contributed by atoms with van der Waals surface area (Å²) >= 11 is 0. The Morgan fingerprint density at radius 1 is 0.750 bits per heavy atom. The second-order valence-electron chi connectivity index (χ2n) is 13.7. The molecular formula is C36H58N6O6. The van der Waals surface area contributed by atoms with Gasteiger partial charge in [0.15, 0.2) is 0 Å². The maximum absolute atomic E-state index is 13.8. The molecule has 6 N–H and O–H groups in total. The van der Waals surface area contributed by atoms with E-state index in [1.54, 1.807) is 0 Å². The van der Waals surface area contributed by atoms with Crippen molar-refractivity contribution in [1.82, 2.24) is 31.9 Å². The molecule has 0 saturated carbocycles. The number of carbonyl (C=O) groups excluding carboxylic acids is 6. The van der Waals surface area contributed by atoms with Gasteiger partial charge in [0.25, 0.3) is 0 Å². The minimum absolute atomic E-state index is 0.0150. The van der Waals surface area contributed by atoms with Crippen LogP contribution in [0.25, 0.3) is 0 Å². The van der Waals surface area contributed by atoms with Crippen LogP contribution in [0.4, 0.5) is 0 Å². The smallest absolute Gasteiger partial charge is 0.243 e. The Morgan fingerprint density at radius 2 is 1.33 bits per heavy atom. The topological polar surface area (TPSA) is 175 Å². The van der Waals surface area contributed by atoms with E-state index in [1.165, 1.54) is 6.92 Å². The molecule has 5 atom stereocenters. The molecule has 12 nitrogen and oxygen atoms in total. The number of benzene rings is 1. The van der Waals surface area contributed by atoms with Crippen LogP contribution in [0.2, 0.25) is 0 Å². The molecule has 48 heavy (non-hydrogen) atoms. The van der Waals surface area contributed by atoms with Crippen molar-refractivity contribution in [2.75, 3.05) is 6.54 Å². The Balaban J connectivity index is 2.43. The third-order valence-electron chi connectivity index (χ3n) is 8.23. The molecular weight excluding hydrogens is 612 g/mol. The van der Waals surface area contributed by atoms with Gasteiger partial charge in [0, 0.05) is 19.4 Å². The molecule has 0 aliphatic carbocycles. The van der Waals surface area contributed by atoms with Crippen LogP contribution in [0, 0.1) is 11.8 Å². The molecule has 12 heteroatoms. The Morgan fingerprint density at radius 3 is 1.96 bits per heavy atom. The first-order valence-electron chi connectivity index (χ1n) is 17.6. The maximum atomic E-state index is 13.8. The van der Waals surface area contributed by atoms with E-state index in [9.17, 15) is 28.8 Å². The zero-order valence-electron chi connectivity index (χ0n) is 29.7. The first-order chi connectivity index (χ1) is 22.8. The molecule has 0 bridgehead atoms. The zero-order chi connectivity index (χ0) is 35.6. The van der Waals surface area contributed by atoms with Crippen LogP contribution >= 0.6 is 0 Å². The first kappa shape index (κ1) is 40.2. The summed E-state index contributed by atoms with van der Waals surface area (Å²) in [6.07, 6.45) is 5.31. The summed E-state index contributed by atoms with van der Waals surface area (Å²) in [5.74, 6) is -2.67. The number of hydrogen-bond acceptors (Lipinski definition) is 6. The fourth-order valence-corrected chi connectivity index (χ4v) is 5.57. The lowest BCUT2D eigenvalue weighted by Gasteiger charge is -2.28. The molecule has 1 fully saturated rings. The summed E-state index contributed by atoms with van der Waals surface area (Å²) in [7, 11) is 0. The lowest BCUT2D eigenvalue weighted by Crippen LogP contribution is -2.59. The second kappa shape index (κ2) is 21.1. The Kier molecular flexibility index (Phi) is 17.7. The normalized spacial score (nSPS) is 23.7. The number of amides is 6. The van der Waals surface area contributed by atoms with Crippen LogP contribution in [0.5, 0.6) is 0 Å². The number of carbonyl (C=O) groups is 6. The summed E-state index contributed by atoms with van der Waals surface area (Å²) in [5.41, 5.74) is 0.797. The standard InChI is InChI=1S/C36H58N6O6/c1-7-8-9-13-18-31(43)39-27-17-14-19-37-33(45)28(20-23(2)3)40-32(44)25(6)38-35(47)29(21-24(4)5)41-36(48)30(42-34(27)46)22-26-15-11-10-12-16-26/h10-12,15-16,23-25,27-30H,7-9,13-14,17-22H2,1-6H3,(H,37,45)(H,38,47)(H,39,43)(H,40,44)(H,41,48)(H,42,46)/t25-,27-,28-,29-,30-/m0/s1. The van der Waals surface area contributed by atoms with E-state index in [-0.39, 0.29) is 55.9 Å². The van der Waals surface area contributed by atoms with Crippen molar-refractivity contribution in [1.29, 1.82) is 0 Å². The Hall–Kier alpha value is -3.96. The fourth-order valence-electron chi connectivity index (χ4n) is 5.57. The molecule has 0 aromatic heterocycles. The average Bonchev–Trinajstić information content (AvgIpc) is 3.02. The van der Waals surface area contributed by atoms with Crippen molar-refractivity contribution in [2.45, 2.75) is 136 Å². The van der Waals surface area contributed by atoms with Crippen molar-refractivity contribution >= 4 is 35.4 Å². The molecule has 1 aromatic carbocycles. The van der Waals surface area contributed by atoms with Gasteiger partial charge in [-0.15, -0.1) is 0 Å². The van der Waals surface area contributed by atoms with Crippen molar-refractivity contribution in [3.8, 4) is 0 Å². The Labute approximate surface area is 286 Å². The molecule has 1 aromatic rings. The fraction of sp³-hybridized carbons (Fsp3) is 0.667. The SMILES string of the molecule is CCCCCCC(=O)N[C@H]1CCCNC(=O)[C@H](CC(C)C)NC(=O)[C@H](C)NC(=O)[C@H](CC(C)C)NC(=O)[C@H](Cc2ccccc2)NC1=O. The van der Waals surface area contributed by atoms with Gasteiger partial charge in [-0.05, 0) is 56.4 Å². The largest absolute Gasteiger partial charge is 0.354 e. The molecule has 6 amide bonds. The van der Waals surface area contributed by atoms with E-state index in [0.29, 0.717) is 19.3 Å². The highest BCUT2D eigenvalue weighted by atomic mass is 16.2. The molecule has 1 aliphatic rings. The van der Waals surface area contributed by atoms with Crippen LogP contribution in [-0.4, -0.2) is 72.2 Å². The van der Waals surface area contributed by atoms with Gasteiger partial charge in [-0.1, -0.05) is 84.2 Å². The van der Waals surface area contributed by atoms with Gasteiger partial charge in [0.1, 0.15) is 30.2 Å². The van der Waals surface area contributed by atoms with E-state index < -0.39 is 53.8 Å². The average molecular weight is 671 g/mol. The van der Waals surface area contributed by atoms with Gasteiger partial charge < -0.3 is 31.9 Å². The highest BCUT2D eigenvalue weighted by Crippen LogP contribution is 2.11. The number of unbranched alkanes of at least 4 members (excludes halogenated alkanes) is 3. The second-order valence-corrected chi connectivity index (χ2v) is 13.7. The molecule has 1 heterocycles. The molecule has 1 saturated heterocycles. The van der Waals surface area contributed by atoms with Crippen molar-refractivity contribution in [3.05, 3.63) is 35.9 Å². The van der Waals surface area contributed by atoms with Crippen molar-refractivity contribution in [3.63, 3.8) is 0 Å². The van der Waals surface area contributed by atoms with Crippen molar-refractivity contribution < 1.29 is 28.8 Å². The third kappa shape index (κ3) is 14.9. The van der Waals surface area contributed by atoms with Crippen LogP contribution in [-0.2, 0) is 35.2 Å². The summed E-state index contributed by atoms with van der Waals surface area (Å²) in [6.45, 7) is 11.5. The zero-order valence-corrected chi connectivity index (χ0v) is 29.7. The number of hydrogen-bond donors (Lipinski definition) is 6. The van der Waals surface area contributed by atoms with Gasteiger partial charge in [-0.2, -0.15) is 0 Å². The molecule has 1 aliphatic heterocycles. The van der Waals surface area contributed by atoms with E-state index in [0.717, 1.165) is 24.8 Å². The van der Waals surface area contributed by atoms with Crippen LogP contribution in [0.3, 0.4) is 0 Å². The van der Waals surface area contributed by atoms with Gasteiger partial charge in [-0.25, -0.2) is 0 Å². The van der Waals surface area contributed by atoms with Gasteiger partial charge >= 0.3 is 0 Å². The molecule has 0 spiro atoms. The van der Waals surface area contributed by atoms with Gasteiger partial charge in [-0.3, -0.25) is 28.8 Å². The molecule has 268 valence electrons. The van der Waals surface area contributed by atoms with Crippen LogP contribution < -0.4 is 31.9 Å². The lowest BCUT2D eigenvalue weighted by molar-refractivity contribution is -0.135. The first-order valence-corrected chi connectivity index (χ1v) is 17.6. The highest BCUT2D eigenvalue weighted by molar-refractivity contribution is 5.96. The third-order valence-corrected chi connectivity index (χ3v) is 8.23. The molecule has 2 rings (SSSR count). The van der Waals surface area contributed by atoms with Crippen LogP contribution in [0.1, 0.15) is 105 Å².